The molecule has 0 aliphatic carbocycles. The van der Waals surface area contributed by atoms with Gasteiger partial charge in [0, 0.05) is 26.1 Å². The van der Waals surface area contributed by atoms with Gasteiger partial charge < -0.3 is 14.8 Å². The van der Waals surface area contributed by atoms with Crippen molar-refractivity contribution in [3.8, 4) is 0 Å². The van der Waals surface area contributed by atoms with Crippen molar-refractivity contribution in [3.05, 3.63) is 11.8 Å². The molecule has 2 heterocycles. The van der Waals surface area contributed by atoms with Crippen molar-refractivity contribution < 1.29 is 9.52 Å². The van der Waals surface area contributed by atoms with E-state index < -0.39 is 0 Å². The topological polar surface area (TPSA) is 74.4 Å². The van der Waals surface area contributed by atoms with Crippen LogP contribution < -0.4 is 5.32 Å². The van der Waals surface area contributed by atoms with Gasteiger partial charge in [-0.3, -0.25) is 4.90 Å². The minimum Gasteiger partial charge on any atom is -0.424 e. The molecular formula is C9H18Cl2N4O2. The Hall–Kier alpha value is -0.400. The number of aliphatic hydroxyl groups excluding tert-OH is 1. The lowest BCUT2D eigenvalue weighted by Crippen LogP contribution is -2.40. The largest absolute Gasteiger partial charge is 0.424 e. The fraction of sp³-hybridized carbons (Fsp3) is 0.778. The molecule has 6 nitrogen and oxygen atoms in total. The number of aromatic nitrogens is 2. The second kappa shape index (κ2) is 7.13. The van der Waals surface area contributed by atoms with Gasteiger partial charge in [-0.05, 0) is 7.05 Å². The third-order valence-electron chi connectivity index (χ3n) is 2.67. The Bertz CT molecular complexity index is 337. The SMILES string of the molecule is Cc1nnc(CN(C)[C@@H]2CNC[C@H]2O)o1.Cl.Cl. The molecule has 0 saturated carbocycles. The van der Waals surface area contributed by atoms with E-state index in [0.717, 1.165) is 6.54 Å². The van der Waals surface area contributed by atoms with E-state index in [0.29, 0.717) is 24.9 Å². The molecular weight excluding hydrogens is 267 g/mol. The first-order valence-corrected chi connectivity index (χ1v) is 5.05. The van der Waals surface area contributed by atoms with Crippen LogP contribution in [0.5, 0.6) is 0 Å². The lowest BCUT2D eigenvalue weighted by Gasteiger charge is -2.24. The molecule has 0 bridgehead atoms. The summed E-state index contributed by atoms with van der Waals surface area (Å²) in [5, 5.41) is 20.5. The molecule has 1 saturated heterocycles. The highest BCUT2D eigenvalue weighted by atomic mass is 35.5. The van der Waals surface area contributed by atoms with Gasteiger partial charge in [-0.15, -0.1) is 35.0 Å². The van der Waals surface area contributed by atoms with Crippen LogP contribution in [0.1, 0.15) is 11.8 Å². The molecule has 100 valence electrons. The molecule has 2 N–H and O–H groups in total. The number of aliphatic hydroxyl groups is 1. The van der Waals surface area contributed by atoms with Crippen molar-refractivity contribution in [2.45, 2.75) is 25.6 Å². The summed E-state index contributed by atoms with van der Waals surface area (Å²) in [5.41, 5.74) is 0. The van der Waals surface area contributed by atoms with E-state index in [9.17, 15) is 5.11 Å². The summed E-state index contributed by atoms with van der Waals surface area (Å²) in [6, 6.07) is 0.122. The number of hydrogen-bond acceptors (Lipinski definition) is 6. The number of likely N-dealkylation sites (N-methyl/N-ethyl adjacent to an activating group) is 1. The van der Waals surface area contributed by atoms with E-state index >= 15 is 0 Å². The number of β-amino-alcohol motifs (C(OH)–C–C–N with tert-alkyl or cyclic N) is 1. The van der Waals surface area contributed by atoms with Gasteiger partial charge in [0.05, 0.1) is 12.6 Å². The predicted molar refractivity (Wildman–Crippen MR) is 67.7 cm³/mol. The van der Waals surface area contributed by atoms with E-state index in [1.807, 2.05) is 11.9 Å². The molecule has 1 aromatic heterocycles. The smallest absolute Gasteiger partial charge is 0.230 e. The molecule has 2 rings (SSSR count). The summed E-state index contributed by atoms with van der Waals surface area (Å²) in [6.45, 7) is 3.79. The summed E-state index contributed by atoms with van der Waals surface area (Å²) >= 11 is 0. The maximum Gasteiger partial charge on any atom is 0.230 e. The van der Waals surface area contributed by atoms with Crippen molar-refractivity contribution in [2.75, 3.05) is 20.1 Å². The monoisotopic (exact) mass is 284 g/mol. The fourth-order valence-electron chi connectivity index (χ4n) is 1.83. The summed E-state index contributed by atoms with van der Waals surface area (Å²) in [6.07, 6.45) is -0.320. The van der Waals surface area contributed by atoms with Gasteiger partial charge in [-0.1, -0.05) is 0 Å². The first-order valence-electron chi connectivity index (χ1n) is 5.05. The third kappa shape index (κ3) is 4.08. The van der Waals surface area contributed by atoms with Crippen molar-refractivity contribution in [1.82, 2.24) is 20.4 Å². The molecule has 0 unspecified atom stereocenters. The van der Waals surface area contributed by atoms with Crippen LogP contribution in [-0.4, -0.2) is 52.5 Å². The Balaban J connectivity index is 0.00000128. The average molecular weight is 285 g/mol. The standard InChI is InChI=1S/C9H16N4O2.2ClH/c1-6-11-12-9(15-6)5-13(2)7-3-10-4-8(7)14;;/h7-8,10,14H,3-5H2,1-2H3;2*1H/t7-,8-;;/m1../s1. The predicted octanol–water partition coefficient (Wildman–Crippen LogP) is -0.0139. The van der Waals surface area contributed by atoms with Crippen LogP contribution >= 0.6 is 24.8 Å². The number of hydrogen-bond donors (Lipinski definition) is 2. The van der Waals surface area contributed by atoms with E-state index in [1.54, 1.807) is 6.92 Å². The molecule has 1 fully saturated rings. The van der Waals surface area contributed by atoms with Gasteiger partial charge in [-0.25, -0.2) is 0 Å². The maximum atomic E-state index is 9.67. The van der Waals surface area contributed by atoms with Crippen LogP contribution in [0.3, 0.4) is 0 Å². The highest BCUT2D eigenvalue weighted by Gasteiger charge is 2.29. The van der Waals surface area contributed by atoms with E-state index in [4.69, 9.17) is 4.42 Å². The molecule has 0 amide bonds. The Kier molecular flexibility index (Phi) is 6.96. The highest BCUT2D eigenvalue weighted by Crippen LogP contribution is 2.10. The molecule has 8 heteroatoms. The van der Waals surface area contributed by atoms with Crippen LogP contribution in [-0.2, 0) is 6.54 Å². The van der Waals surface area contributed by atoms with Crippen molar-refractivity contribution in [2.24, 2.45) is 0 Å². The number of nitrogens with one attached hydrogen (secondary N) is 1. The summed E-state index contributed by atoms with van der Waals surface area (Å²) in [5.74, 6) is 1.16. The number of rotatable bonds is 3. The lowest BCUT2D eigenvalue weighted by atomic mass is 10.2. The van der Waals surface area contributed by atoms with Crippen LogP contribution in [0.2, 0.25) is 0 Å². The van der Waals surface area contributed by atoms with Gasteiger partial charge in [-0.2, -0.15) is 0 Å². The van der Waals surface area contributed by atoms with Crippen LogP contribution in [0.15, 0.2) is 4.42 Å². The Morgan fingerprint density at radius 1 is 1.41 bits per heavy atom. The Labute approximate surface area is 113 Å². The molecule has 17 heavy (non-hydrogen) atoms. The van der Waals surface area contributed by atoms with Gasteiger partial charge >= 0.3 is 0 Å². The molecule has 1 aliphatic heterocycles. The van der Waals surface area contributed by atoms with Crippen LogP contribution in [0.25, 0.3) is 0 Å². The Morgan fingerprint density at radius 3 is 2.59 bits per heavy atom. The van der Waals surface area contributed by atoms with Gasteiger partial charge in [0.25, 0.3) is 0 Å². The van der Waals surface area contributed by atoms with E-state index in [-0.39, 0.29) is 37.0 Å². The van der Waals surface area contributed by atoms with E-state index in [2.05, 4.69) is 15.5 Å². The van der Waals surface area contributed by atoms with Gasteiger partial charge in [0.1, 0.15) is 0 Å². The second-order valence-corrected chi connectivity index (χ2v) is 3.92. The average Bonchev–Trinajstić information content (AvgIpc) is 2.75. The minimum atomic E-state index is -0.320. The summed E-state index contributed by atoms with van der Waals surface area (Å²) in [4.78, 5) is 2.03. The first-order chi connectivity index (χ1) is 7.16. The number of halogens is 2. The van der Waals surface area contributed by atoms with Gasteiger partial charge in [0.2, 0.25) is 11.8 Å². The molecule has 1 aliphatic rings. The van der Waals surface area contributed by atoms with E-state index in [1.165, 1.54) is 0 Å². The first kappa shape index (κ1) is 16.6. The lowest BCUT2D eigenvalue weighted by molar-refractivity contribution is 0.0903. The molecule has 0 spiro atoms. The summed E-state index contributed by atoms with van der Waals surface area (Å²) < 4.78 is 5.28. The Morgan fingerprint density at radius 2 is 2.12 bits per heavy atom. The number of nitrogens with zero attached hydrogens (tertiary/aromatic N) is 3. The second-order valence-electron chi connectivity index (χ2n) is 3.92. The summed E-state index contributed by atoms with van der Waals surface area (Å²) in [7, 11) is 1.94. The highest BCUT2D eigenvalue weighted by molar-refractivity contribution is 5.85. The zero-order chi connectivity index (χ0) is 10.8. The third-order valence-corrected chi connectivity index (χ3v) is 2.67. The minimum absolute atomic E-state index is 0. The van der Waals surface area contributed by atoms with Crippen molar-refractivity contribution in [1.29, 1.82) is 0 Å². The molecule has 1 aromatic rings. The fourth-order valence-corrected chi connectivity index (χ4v) is 1.83. The normalized spacial score (nSPS) is 23.3. The van der Waals surface area contributed by atoms with Crippen LogP contribution in [0, 0.1) is 6.92 Å². The molecule has 2 atom stereocenters. The molecule has 0 aromatic carbocycles. The van der Waals surface area contributed by atoms with Crippen molar-refractivity contribution in [3.63, 3.8) is 0 Å². The zero-order valence-corrected chi connectivity index (χ0v) is 11.4. The van der Waals surface area contributed by atoms with Crippen LogP contribution in [0.4, 0.5) is 0 Å². The van der Waals surface area contributed by atoms with Gasteiger partial charge in [0.15, 0.2) is 0 Å². The van der Waals surface area contributed by atoms with Crippen molar-refractivity contribution >= 4 is 24.8 Å². The maximum absolute atomic E-state index is 9.67. The quantitative estimate of drug-likeness (QED) is 0.813. The number of aryl methyl sites for hydroxylation is 1. The molecule has 0 radical (unpaired) electrons. The zero-order valence-electron chi connectivity index (χ0n) is 9.79.